The van der Waals surface area contributed by atoms with Crippen molar-refractivity contribution >= 4 is 5.69 Å². The summed E-state index contributed by atoms with van der Waals surface area (Å²) in [5.41, 5.74) is 2.21. The van der Waals surface area contributed by atoms with Crippen LogP contribution in [0.5, 0.6) is 0 Å². The third-order valence-electron chi connectivity index (χ3n) is 3.95. The van der Waals surface area contributed by atoms with Gasteiger partial charge < -0.3 is 4.90 Å². The Kier molecular flexibility index (Phi) is 7.25. The Bertz CT molecular complexity index is 447. The number of rotatable bonds is 9. The molecule has 0 aliphatic rings. The number of anilines is 1. The van der Waals surface area contributed by atoms with Crippen LogP contribution in [0.1, 0.15) is 45.6 Å². The maximum absolute atomic E-state index is 9.25. The normalized spacial score (nSPS) is 13.5. The van der Waals surface area contributed by atoms with E-state index in [1.807, 2.05) is 13.8 Å². The van der Waals surface area contributed by atoms with Crippen molar-refractivity contribution in [2.75, 3.05) is 24.5 Å². The summed E-state index contributed by atoms with van der Waals surface area (Å²) >= 11 is 0. The Labute approximate surface area is 130 Å². The third-order valence-corrected chi connectivity index (χ3v) is 3.95. The lowest BCUT2D eigenvalue weighted by molar-refractivity contribution is 0.411. The van der Waals surface area contributed by atoms with Crippen LogP contribution in [-0.2, 0) is 0 Å². The van der Waals surface area contributed by atoms with Crippen molar-refractivity contribution in [3.8, 4) is 6.07 Å². The molecular formula is C18H29N3. The van der Waals surface area contributed by atoms with Gasteiger partial charge in [0.15, 0.2) is 0 Å². The number of nitriles is 1. The fourth-order valence-corrected chi connectivity index (χ4v) is 2.58. The molecule has 0 fully saturated rings. The maximum Gasteiger partial charge on any atom is 0.103 e. The molecule has 0 bridgehead atoms. The molecular weight excluding hydrogens is 258 g/mol. The van der Waals surface area contributed by atoms with Crippen LogP contribution in [0.2, 0.25) is 0 Å². The van der Waals surface area contributed by atoms with E-state index in [0.29, 0.717) is 0 Å². The van der Waals surface area contributed by atoms with Gasteiger partial charge in [0.05, 0.1) is 6.07 Å². The van der Waals surface area contributed by atoms with E-state index >= 15 is 0 Å². The topological polar surface area (TPSA) is 39.1 Å². The van der Waals surface area contributed by atoms with Gasteiger partial charge in [-0.15, -0.1) is 0 Å². The molecule has 1 rings (SSSR count). The Morgan fingerprint density at radius 3 is 2.38 bits per heavy atom. The molecule has 0 saturated heterocycles. The van der Waals surface area contributed by atoms with Crippen molar-refractivity contribution in [2.24, 2.45) is 0 Å². The van der Waals surface area contributed by atoms with E-state index < -0.39 is 0 Å². The average molecular weight is 287 g/mol. The first-order valence-corrected chi connectivity index (χ1v) is 8.02. The predicted molar refractivity (Wildman–Crippen MR) is 90.6 cm³/mol. The Morgan fingerprint density at radius 1 is 1.19 bits per heavy atom. The number of nitrogens with zero attached hydrogens (tertiary/aromatic N) is 2. The van der Waals surface area contributed by atoms with Crippen LogP contribution in [0.4, 0.5) is 5.69 Å². The van der Waals surface area contributed by atoms with E-state index in [1.54, 1.807) is 0 Å². The zero-order valence-electron chi connectivity index (χ0n) is 13.9. The number of hydrogen-bond acceptors (Lipinski definition) is 3. The highest BCUT2D eigenvalue weighted by Gasteiger charge is 2.21. The fourth-order valence-electron chi connectivity index (χ4n) is 2.58. The van der Waals surface area contributed by atoms with Crippen LogP contribution >= 0.6 is 0 Å². The smallest absolute Gasteiger partial charge is 0.103 e. The van der Waals surface area contributed by atoms with Gasteiger partial charge in [-0.05, 0) is 58.7 Å². The predicted octanol–water partition coefficient (Wildman–Crippen LogP) is 3.88. The van der Waals surface area contributed by atoms with E-state index in [9.17, 15) is 5.26 Å². The largest absolute Gasteiger partial charge is 0.372 e. The van der Waals surface area contributed by atoms with Crippen molar-refractivity contribution in [3.63, 3.8) is 0 Å². The molecule has 0 heterocycles. The lowest BCUT2D eigenvalue weighted by Gasteiger charge is -2.25. The fraction of sp³-hybridized carbons (Fsp3) is 0.611. The number of nitrogens with one attached hydrogen (secondary N) is 1. The monoisotopic (exact) mass is 287 g/mol. The Hall–Kier alpha value is -1.53. The summed E-state index contributed by atoms with van der Waals surface area (Å²) in [5.74, 6) is 0. The number of hydrogen-bond donors (Lipinski definition) is 1. The lowest BCUT2D eigenvalue weighted by Crippen LogP contribution is -2.40. The lowest BCUT2D eigenvalue weighted by atomic mass is 9.96. The van der Waals surface area contributed by atoms with Gasteiger partial charge in [0.2, 0.25) is 0 Å². The first-order valence-electron chi connectivity index (χ1n) is 8.02. The van der Waals surface area contributed by atoms with Crippen molar-refractivity contribution in [1.29, 1.82) is 5.26 Å². The summed E-state index contributed by atoms with van der Waals surface area (Å²) in [7, 11) is 0. The number of benzene rings is 1. The van der Waals surface area contributed by atoms with Crippen LogP contribution < -0.4 is 10.2 Å². The minimum atomic E-state index is -0.379. The first kappa shape index (κ1) is 17.5. The summed E-state index contributed by atoms with van der Waals surface area (Å²) in [6.45, 7) is 11.3. The van der Waals surface area contributed by atoms with Crippen LogP contribution in [0.3, 0.4) is 0 Å². The zero-order chi connectivity index (χ0) is 15.7. The molecule has 0 radical (unpaired) electrons. The minimum Gasteiger partial charge on any atom is -0.372 e. The molecule has 0 saturated carbocycles. The maximum atomic E-state index is 9.25. The molecule has 0 aromatic heterocycles. The molecule has 0 amide bonds. The van der Waals surface area contributed by atoms with E-state index in [-0.39, 0.29) is 5.54 Å². The molecule has 3 nitrogen and oxygen atoms in total. The van der Waals surface area contributed by atoms with Crippen molar-refractivity contribution in [1.82, 2.24) is 5.32 Å². The zero-order valence-corrected chi connectivity index (χ0v) is 13.9. The molecule has 0 spiro atoms. The Balaban J connectivity index is 2.43. The van der Waals surface area contributed by atoms with Gasteiger partial charge in [0.25, 0.3) is 0 Å². The van der Waals surface area contributed by atoms with Crippen LogP contribution in [0.25, 0.3) is 0 Å². The van der Waals surface area contributed by atoms with Crippen LogP contribution in [0.15, 0.2) is 24.3 Å². The van der Waals surface area contributed by atoms with Gasteiger partial charge in [-0.2, -0.15) is 5.26 Å². The minimum absolute atomic E-state index is 0.379. The number of unbranched alkanes of at least 4 members (excludes halogenated alkanes) is 1. The summed E-state index contributed by atoms with van der Waals surface area (Å²) in [4.78, 5) is 2.40. The van der Waals surface area contributed by atoms with Gasteiger partial charge in [-0.3, -0.25) is 5.32 Å². The standard InChI is InChI=1S/C18H29N3/c1-5-20-18(4,15-19)13-7-8-14-21(6-2)17-11-9-16(3)10-12-17/h9-12,20H,5-8,13-14H2,1-4H3. The molecule has 0 aliphatic carbocycles. The highest BCUT2D eigenvalue weighted by atomic mass is 15.1. The second-order valence-corrected chi connectivity index (χ2v) is 5.85. The Morgan fingerprint density at radius 2 is 1.86 bits per heavy atom. The molecule has 1 unspecified atom stereocenters. The van der Waals surface area contributed by atoms with Crippen molar-refractivity contribution in [3.05, 3.63) is 29.8 Å². The molecule has 3 heteroatoms. The van der Waals surface area contributed by atoms with E-state index in [1.165, 1.54) is 11.3 Å². The summed E-state index contributed by atoms with van der Waals surface area (Å²) in [5, 5.41) is 12.5. The van der Waals surface area contributed by atoms with Crippen molar-refractivity contribution < 1.29 is 0 Å². The number of aryl methyl sites for hydroxylation is 1. The van der Waals surface area contributed by atoms with Crippen LogP contribution in [0, 0.1) is 18.3 Å². The van der Waals surface area contributed by atoms with Gasteiger partial charge in [0, 0.05) is 18.8 Å². The third kappa shape index (κ3) is 5.77. The van der Waals surface area contributed by atoms with Gasteiger partial charge in [-0.1, -0.05) is 24.6 Å². The second-order valence-electron chi connectivity index (χ2n) is 5.85. The molecule has 1 aromatic carbocycles. The molecule has 1 N–H and O–H groups in total. The van der Waals surface area contributed by atoms with E-state index in [4.69, 9.17) is 0 Å². The van der Waals surface area contributed by atoms with E-state index in [0.717, 1.165) is 38.9 Å². The molecule has 21 heavy (non-hydrogen) atoms. The highest BCUT2D eigenvalue weighted by Crippen LogP contribution is 2.17. The SMILES string of the molecule is CCNC(C)(C#N)CCCCN(CC)c1ccc(C)cc1. The average Bonchev–Trinajstić information content (AvgIpc) is 2.49. The van der Waals surface area contributed by atoms with Crippen molar-refractivity contribution in [2.45, 2.75) is 52.5 Å². The quantitative estimate of drug-likeness (QED) is 0.700. The van der Waals surface area contributed by atoms with Gasteiger partial charge in [0.1, 0.15) is 5.54 Å². The summed E-state index contributed by atoms with van der Waals surface area (Å²) in [6, 6.07) is 11.1. The summed E-state index contributed by atoms with van der Waals surface area (Å²) < 4.78 is 0. The van der Waals surface area contributed by atoms with Crippen LogP contribution in [-0.4, -0.2) is 25.2 Å². The first-order chi connectivity index (χ1) is 10.0. The molecule has 116 valence electrons. The molecule has 0 aliphatic heterocycles. The molecule has 1 atom stereocenters. The van der Waals surface area contributed by atoms with Gasteiger partial charge in [-0.25, -0.2) is 0 Å². The molecule has 1 aromatic rings. The summed E-state index contributed by atoms with van der Waals surface area (Å²) in [6.07, 6.45) is 3.09. The highest BCUT2D eigenvalue weighted by molar-refractivity contribution is 5.47. The second kappa shape index (κ2) is 8.69. The van der Waals surface area contributed by atoms with Gasteiger partial charge >= 0.3 is 0 Å². The van der Waals surface area contributed by atoms with E-state index in [2.05, 4.69) is 54.4 Å².